The summed E-state index contributed by atoms with van der Waals surface area (Å²) in [5.74, 6) is 0.281. The van der Waals surface area contributed by atoms with Gasteiger partial charge in [0.15, 0.2) is 0 Å². The van der Waals surface area contributed by atoms with Gasteiger partial charge in [0.05, 0.1) is 24.5 Å². The minimum Gasteiger partial charge on any atom is -0.496 e. The number of hydrogen-bond acceptors (Lipinski definition) is 5. The third-order valence-electron chi connectivity index (χ3n) is 4.27. The van der Waals surface area contributed by atoms with Crippen molar-refractivity contribution in [1.82, 2.24) is 20.0 Å². The van der Waals surface area contributed by atoms with Crippen molar-refractivity contribution in [2.45, 2.75) is 6.54 Å². The number of rotatable bonds is 5. The van der Waals surface area contributed by atoms with Gasteiger partial charge < -0.3 is 10.1 Å². The highest BCUT2D eigenvalue weighted by Crippen LogP contribution is 2.27. The van der Waals surface area contributed by atoms with Crippen LogP contribution in [0.15, 0.2) is 65.6 Å². The average Bonchev–Trinajstić information content (AvgIpc) is 3.17. The van der Waals surface area contributed by atoms with Crippen molar-refractivity contribution in [3.05, 3.63) is 71.1 Å². The number of carbonyl (C=O) groups is 1. The van der Waals surface area contributed by atoms with E-state index in [0.29, 0.717) is 17.1 Å². The van der Waals surface area contributed by atoms with Crippen LogP contribution in [0.5, 0.6) is 5.75 Å². The van der Waals surface area contributed by atoms with Gasteiger partial charge in [-0.1, -0.05) is 12.1 Å². The highest BCUT2D eigenvalue weighted by Gasteiger charge is 2.11. The van der Waals surface area contributed by atoms with E-state index < -0.39 is 0 Å². The molecule has 0 bridgehead atoms. The number of anilines is 1. The molecule has 0 spiro atoms. The summed E-state index contributed by atoms with van der Waals surface area (Å²) in [6.45, 7) is -0.206. The molecule has 140 valence electrons. The maximum Gasteiger partial charge on any atom is 0.267 e. The molecule has 28 heavy (non-hydrogen) atoms. The van der Waals surface area contributed by atoms with E-state index in [9.17, 15) is 9.59 Å². The van der Waals surface area contributed by atoms with Crippen molar-refractivity contribution in [2.75, 3.05) is 12.4 Å². The molecule has 0 saturated heterocycles. The first kappa shape index (κ1) is 17.5. The quantitative estimate of drug-likeness (QED) is 0.558. The Hall–Kier alpha value is -3.94. The van der Waals surface area contributed by atoms with E-state index in [1.54, 1.807) is 31.5 Å². The number of nitrogens with one attached hydrogen (secondary N) is 2. The van der Waals surface area contributed by atoms with E-state index in [-0.39, 0.29) is 18.0 Å². The van der Waals surface area contributed by atoms with Crippen LogP contribution in [0.3, 0.4) is 0 Å². The first-order valence-electron chi connectivity index (χ1n) is 8.58. The summed E-state index contributed by atoms with van der Waals surface area (Å²) in [5.41, 5.74) is 2.34. The number of hydrogen-bond donors (Lipinski definition) is 2. The molecule has 0 aliphatic heterocycles. The van der Waals surface area contributed by atoms with Crippen LogP contribution in [0.2, 0.25) is 0 Å². The van der Waals surface area contributed by atoms with Gasteiger partial charge in [-0.15, -0.1) is 0 Å². The Morgan fingerprint density at radius 2 is 2.04 bits per heavy atom. The SMILES string of the molecule is COc1ccccc1-c1ccc(=O)n(CC(=O)Nc2ccc3cn[nH]c3c2)n1. The molecule has 8 nitrogen and oxygen atoms in total. The van der Waals surface area contributed by atoms with Crippen LogP contribution in [0.25, 0.3) is 22.2 Å². The third kappa shape index (κ3) is 3.48. The number of methoxy groups -OCH3 is 1. The number of amides is 1. The van der Waals surface area contributed by atoms with Crippen molar-refractivity contribution < 1.29 is 9.53 Å². The molecule has 2 aromatic heterocycles. The standard InChI is InChI=1S/C20H17N5O3/c1-28-18-5-3-2-4-15(18)16-8-9-20(27)25(24-16)12-19(26)22-14-7-6-13-11-21-23-17(13)10-14/h2-11H,12H2,1H3,(H,21,23)(H,22,26). The molecule has 0 fully saturated rings. The van der Waals surface area contributed by atoms with Crippen molar-refractivity contribution >= 4 is 22.5 Å². The van der Waals surface area contributed by atoms with E-state index in [1.807, 2.05) is 30.3 Å². The van der Waals surface area contributed by atoms with Crippen LogP contribution in [0.1, 0.15) is 0 Å². The van der Waals surface area contributed by atoms with Gasteiger partial charge in [-0.2, -0.15) is 10.2 Å². The molecule has 0 aliphatic carbocycles. The molecule has 2 aromatic carbocycles. The number of ether oxygens (including phenoxy) is 1. The van der Waals surface area contributed by atoms with E-state index in [1.165, 1.54) is 6.07 Å². The fourth-order valence-corrected chi connectivity index (χ4v) is 2.91. The lowest BCUT2D eigenvalue weighted by atomic mass is 10.1. The number of aromatic nitrogens is 4. The van der Waals surface area contributed by atoms with Crippen LogP contribution in [-0.4, -0.2) is 33.0 Å². The van der Waals surface area contributed by atoms with Crippen LogP contribution >= 0.6 is 0 Å². The van der Waals surface area contributed by atoms with Gasteiger partial charge in [-0.3, -0.25) is 14.7 Å². The second kappa shape index (κ2) is 7.36. The van der Waals surface area contributed by atoms with Gasteiger partial charge in [-0.25, -0.2) is 4.68 Å². The Labute approximate surface area is 159 Å². The van der Waals surface area contributed by atoms with Crippen LogP contribution in [0, 0.1) is 0 Å². The zero-order valence-electron chi connectivity index (χ0n) is 15.0. The summed E-state index contributed by atoms with van der Waals surface area (Å²) >= 11 is 0. The zero-order chi connectivity index (χ0) is 19.5. The number of nitrogens with zero attached hydrogens (tertiary/aromatic N) is 3. The molecule has 0 aliphatic rings. The molecule has 0 atom stereocenters. The molecule has 0 radical (unpaired) electrons. The largest absolute Gasteiger partial charge is 0.496 e. The smallest absolute Gasteiger partial charge is 0.267 e. The second-order valence-corrected chi connectivity index (χ2v) is 6.13. The highest BCUT2D eigenvalue weighted by molar-refractivity contribution is 5.93. The summed E-state index contributed by atoms with van der Waals surface area (Å²) in [6, 6.07) is 15.8. The minimum absolute atomic E-state index is 0.206. The van der Waals surface area contributed by atoms with Gasteiger partial charge in [0, 0.05) is 22.7 Å². The molecule has 0 saturated carbocycles. The fraction of sp³-hybridized carbons (Fsp3) is 0.100. The van der Waals surface area contributed by atoms with Gasteiger partial charge in [-0.05, 0) is 36.4 Å². The predicted octanol–water partition coefficient (Wildman–Crippen LogP) is 2.43. The lowest BCUT2D eigenvalue weighted by molar-refractivity contribution is -0.117. The van der Waals surface area contributed by atoms with E-state index >= 15 is 0 Å². The Morgan fingerprint density at radius 1 is 1.18 bits per heavy atom. The molecule has 4 aromatic rings. The van der Waals surface area contributed by atoms with Crippen LogP contribution in [-0.2, 0) is 11.3 Å². The summed E-state index contributed by atoms with van der Waals surface area (Å²) < 4.78 is 6.47. The maximum absolute atomic E-state index is 12.4. The Balaban J connectivity index is 1.57. The first-order chi connectivity index (χ1) is 13.6. The molecule has 2 heterocycles. The van der Waals surface area contributed by atoms with Crippen molar-refractivity contribution in [1.29, 1.82) is 0 Å². The lowest BCUT2D eigenvalue weighted by Gasteiger charge is -2.10. The Bertz CT molecular complexity index is 1210. The fourth-order valence-electron chi connectivity index (χ4n) is 2.91. The Kier molecular flexibility index (Phi) is 4.59. The summed E-state index contributed by atoms with van der Waals surface area (Å²) in [7, 11) is 1.57. The molecule has 2 N–H and O–H groups in total. The number of para-hydroxylation sites is 1. The predicted molar refractivity (Wildman–Crippen MR) is 105 cm³/mol. The maximum atomic E-state index is 12.4. The monoisotopic (exact) mass is 375 g/mol. The van der Waals surface area contributed by atoms with Crippen LogP contribution < -0.4 is 15.6 Å². The van der Waals surface area contributed by atoms with Crippen molar-refractivity contribution in [3.63, 3.8) is 0 Å². The normalized spacial score (nSPS) is 10.8. The number of aromatic amines is 1. The average molecular weight is 375 g/mol. The van der Waals surface area contributed by atoms with Gasteiger partial charge in [0.2, 0.25) is 5.91 Å². The number of H-pyrrole nitrogens is 1. The Morgan fingerprint density at radius 3 is 2.89 bits per heavy atom. The molecule has 1 amide bonds. The number of benzene rings is 2. The second-order valence-electron chi connectivity index (χ2n) is 6.13. The van der Waals surface area contributed by atoms with Gasteiger partial charge in [0.1, 0.15) is 12.3 Å². The molecule has 0 unspecified atom stereocenters. The van der Waals surface area contributed by atoms with E-state index in [2.05, 4.69) is 20.6 Å². The number of fused-ring (bicyclic) bond motifs is 1. The van der Waals surface area contributed by atoms with E-state index in [4.69, 9.17) is 4.74 Å². The zero-order valence-corrected chi connectivity index (χ0v) is 15.0. The van der Waals surface area contributed by atoms with Gasteiger partial charge in [0.25, 0.3) is 5.56 Å². The van der Waals surface area contributed by atoms with Crippen LogP contribution in [0.4, 0.5) is 5.69 Å². The minimum atomic E-state index is -0.363. The molecular formula is C20H17N5O3. The topological polar surface area (TPSA) is 102 Å². The van der Waals surface area contributed by atoms with Gasteiger partial charge >= 0.3 is 0 Å². The van der Waals surface area contributed by atoms with Crippen molar-refractivity contribution in [3.8, 4) is 17.0 Å². The summed E-state index contributed by atoms with van der Waals surface area (Å²) in [5, 5.41) is 14.8. The number of carbonyl (C=O) groups excluding carboxylic acids is 1. The highest BCUT2D eigenvalue weighted by atomic mass is 16.5. The molecule has 4 rings (SSSR count). The van der Waals surface area contributed by atoms with E-state index in [0.717, 1.165) is 21.1 Å². The third-order valence-corrected chi connectivity index (χ3v) is 4.27. The van der Waals surface area contributed by atoms with Crippen molar-refractivity contribution in [2.24, 2.45) is 0 Å². The molecule has 8 heteroatoms. The molecular weight excluding hydrogens is 358 g/mol. The first-order valence-corrected chi connectivity index (χ1v) is 8.58. The lowest BCUT2D eigenvalue weighted by Crippen LogP contribution is -2.29. The summed E-state index contributed by atoms with van der Waals surface area (Å²) in [6.07, 6.45) is 1.70. The summed E-state index contributed by atoms with van der Waals surface area (Å²) in [4.78, 5) is 24.6.